The molecule has 2 heterocycles. The number of rotatable bonds is 4. The van der Waals surface area contributed by atoms with Crippen LogP contribution in [0.25, 0.3) is 20.8 Å². The summed E-state index contributed by atoms with van der Waals surface area (Å²) in [5.41, 5.74) is 4.21. The summed E-state index contributed by atoms with van der Waals surface area (Å²) in [5, 5.41) is 4.04. The largest absolute Gasteiger partial charge is 0.325 e. The Morgan fingerprint density at radius 1 is 1.07 bits per heavy atom. The van der Waals surface area contributed by atoms with Crippen LogP contribution in [0.4, 0.5) is 5.69 Å². The lowest BCUT2D eigenvalue weighted by atomic mass is 10.2. The molecule has 1 aliphatic rings. The molecule has 1 saturated heterocycles. The second-order valence-electron chi connectivity index (χ2n) is 7.31. The first-order chi connectivity index (χ1) is 13.2. The number of benzene rings is 2. The first-order valence-electron chi connectivity index (χ1n) is 9.67. The van der Waals surface area contributed by atoms with Crippen molar-refractivity contribution in [1.29, 1.82) is 0 Å². The molecule has 1 aromatic heterocycles. The van der Waals surface area contributed by atoms with Gasteiger partial charge in [-0.15, -0.1) is 11.3 Å². The van der Waals surface area contributed by atoms with Gasteiger partial charge in [0.05, 0.1) is 16.8 Å². The Bertz CT molecular complexity index is 924. The molecule has 1 fully saturated rings. The zero-order chi connectivity index (χ0) is 18.6. The molecular weight excluding hydrogens is 354 g/mol. The molecule has 0 unspecified atom stereocenters. The van der Waals surface area contributed by atoms with E-state index in [1.165, 1.54) is 35.9 Å². The summed E-state index contributed by atoms with van der Waals surface area (Å²) in [6.07, 6.45) is 4.96. The minimum Gasteiger partial charge on any atom is -0.325 e. The molecule has 4 nitrogen and oxygen atoms in total. The van der Waals surface area contributed by atoms with Crippen LogP contribution in [0.2, 0.25) is 0 Å². The number of nitrogens with zero attached hydrogens (tertiary/aromatic N) is 2. The van der Waals surface area contributed by atoms with Crippen molar-refractivity contribution in [2.75, 3.05) is 25.0 Å². The predicted molar refractivity (Wildman–Crippen MR) is 113 cm³/mol. The van der Waals surface area contributed by atoms with Gasteiger partial charge in [-0.05, 0) is 74.8 Å². The molecule has 4 rings (SSSR count). The smallest absolute Gasteiger partial charge is 0.238 e. The van der Waals surface area contributed by atoms with Gasteiger partial charge in [0.15, 0.2) is 0 Å². The average molecular weight is 380 g/mol. The Morgan fingerprint density at radius 3 is 2.56 bits per heavy atom. The summed E-state index contributed by atoms with van der Waals surface area (Å²) in [5.74, 6) is 0.0695. The van der Waals surface area contributed by atoms with E-state index in [0.29, 0.717) is 6.54 Å². The van der Waals surface area contributed by atoms with E-state index in [1.807, 2.05) is 24.3 Å². The highest BCUT2D eigenvalue weighted by Gasteiger charge is 2.13. The van der Waals surface area contributed by atoms with E-state index in [-0.39, 0.29) is 5.91 Å². The fourth-order valence-electron chi connectivity index (χ4n) is 3.55. The van der Waals surface area contributed by atoms with Crippen LogP contribution < -0.4 is 5.32 Å². The zero-order valence-electron chi connectivity index (χ0n) is 15.7. The number of thiazole rings is 1. The number of aryl methyl sites for hydroxylation is 1. The van der Waals surface area contributed by atoms with Gasteiger partial charge in [0.1, 0.15) is 5.01 Å². The number of amides is 1. The van der Waals surface area contributed by atoms with E-state index in [4.69, 9.17) is 4.98 Å². The summed E-state index contributed by atoms with van der Waals surface area (Å²) in [7, 11) is 0. The third kappa shape index (κ3) is 4.54. The fourth-order valence-corrected chi connectivity index (χ4v) is 4.62. The van der Waals surface area contributed by atoms with E-state index >= 15 is 0 Å². The molecule has 140 valence electrons. The van der Waals surface area contributed by atoms with Crippen LogP contribution in [0, 0.1) is 6.92 Å². The monoisotopic (exact) mass is 379 g/mol. The number of aromatic nitrogens is 1. The third-order valence-corrected chi connectivity index (χ3v) is 6.09. The lowest BCUT2D eigenvalue weighted by Gasteiger charge is -2.19. The molecule has 5 heteroatoms. The minimum absolute atomic E-state index is 0.0695. The number of hydrogen-bond acceptors (Lipinski definition) is 4. The van der Waals surface area contributed by atoms with Crippen molar-refractivity contribution in [3.63, 3.8) is 0 Å². The predicted octanol–water partition coefficient (Wildman–Crippen LogP) is 5.09. The number of nitrogens with one attached hydrogen (secondary N) is 1. The van der Waals surface area contributed by atoms with E-state index in [1.54, 1.807) is 11.3 Å². The van der Waals surface area contributed by atoms with Crippen LogP contribution >= 0.6 is 11.3 Å². The molecule has 0 radical (unpaired) electrons. The standard InChI is InChI=1S/C22H25N3OS/c1-16-6-11-19-20(14-16)27-22(24-19)17-7-9-18(10-8-17)23-21(26)15-25-12-4-2-3-5-13-25/h6-11,14H,2-5,12-13,15H2,1H3,(H,23,26). The first-order valence-corrected chi connectivity index (χ1v) is 10.5. The molecule has 1 amide bonds. The topological polar surface area (TPSA) is 45.2 Å². The summed E-state index contributed by atoms with van der Waals surface area (Å²) in [6.45, 7) is 4.65. The summed E-state index contributed by atoms with van der Waals surface area (Å²) in [4.78, 5) is 19.3. The highest BCUT2D eigenvalue weighted by atomic mass is 32.1. The van der Waals surface area contributed by atoms with Crippen LogP contribution in [0.3, 0.4) is 0 Å². The average Bonchev–Trinajstić information content (AvgIpc) is 2.90. The van der Waals surface area contributed by atoms with Crippen molar-refractivity contribution in [2.24, 2.45) is 0 Å². The quantitative estimate of drug-likeness (QED) is 0.687. The van der Waals surface area contributed by atoms with Gasteiger partial charge in [-0.1, -0.05) is 18.9 Å². The summed E-state index contributed by atoms with van der Waals surface area (Å²) < 4.78 is 1.21. The van der Waals surface area contributed by atoms with Crippen LogP contribution in [0.15, 0.2) is 42.5 Å². The lowest BCUT2D eigenvalue weighted by molar-refractivity contribution is -0.117. The van der Waals surface area contributed by atoms with E-state index in [9.17, 15) is 4.79 Å². The van der Waals surface area contributed by atoms with E-state index in [2.05, 4.69) is 35.3 Å². The maximum atomic E-state index is 12.3. The van der Waals surface area contributed by atoms with Gasteiger partial charge < -0.3 is 5.32 Å². The molecule has 1 aliphatic heterocycles. The molecule has 0 atom stereocenters. The second-order valence-corrected chi connectivity index (χ2v) is 8.34. The lowest BCUT2D eigenvalue weighted by Crippen LogP contribution is -2.33. The van der Waals surface area contributed by atoms with Gasteiger partial charge >= 0.3 is 0 Å². The molecule has 0 aliphatic carbocycles. The molecule has 2 aromatic carbocycles. The van der Waals surface area contributed by atoms with Crippen molar-refractivity contribution in [2.45, 2.75) is 32.6 Å². The zero-order valence-corrected chi connectivity index (χ0v) is 16.5. The van der Waals surface area contributed by atoms with Gasteiger partial charge in [-0.2, -0.15) is 0 Å². The summed E-state index contributed by atoms with van der Waals surface area (Å²) in [6, 6.07) is 14.3. The number of fused-ring (bicyclic) bond motifs is 1. The van der Waals surface area contributed by atoms with Crippen LogP contribution in [-0.2, 0) is 4.79 Å². The normalized spacial score (nSPS) is 15.6. The Balaban J connectivity index is 1.41. The minimum atomic E-state index is 0.0695. The van der Waals surface area contributed by atoms with Crippen LogP contribution in [0.5, 0.6) is 0 Å². The highest BCUT2D eigenvalue weighted by molar-refractivity contribution is 7.21. The van der Waals surface area contributed by atoms with Gasteiger partial charge in [0, 0.05) is 11.3 Å². The van der Waals surface area contributed by atoms with Crippen LogP contribution in [-0.4, -0.2) is 35.4 Å². The van der Waals surface area contributed by atoms with Crippen molar-refractivity contribution in [3.05, 3.63) is 48.0 Å². The Kier molecular flexibility index (Phi) is 5.50. The molecular formula is C22H25N3OS. The molecule has 0 bridgehead atoms. The van der Waals surface area contributed by atoms with Gasteiger partial charge in [-0.3, -0.25) is 9.69 Å². The van der Waals surface area contributed by atoms with Crippen LogP contribution in [0.1, 0.15) is 31.2 Å². The number of hydrogen-bond donors (Lipinski definition) is 1. The fraction of sp³-hybridized carbons (Fsp3) is 0.364. The van der Waals surface area contributed by atoms with E-state index < -0.39 is 0 Å². The first kappa shape index (κ1) is 18.1. The number of likely N-dealkylation sites (tertiary alicyclic amines) is 1. The van der Waals surface area contributed by atoms with Gasteiger partial charge in [0.2, 0.25) is 5.91 Å². The third-order valence-electron chi connectivity index (χ3n) is 5.03. The molecule has 0 spiro atoms. The second kappa shape index (κ2) is 8.19. The maximum Gasteiger partial charge on any atom is 0.238 e. The van der Waals surface area contributed by atoms with Gasteiger partial charge in [-0.25, -0.2) is 4.98 Å². The highest BCUT2D eigenvalue weighted by Crippen LogP contribution is 2.31. The Labute approximate surface area is 164 Å². The molecule has 27 heavy (non-hydrogen) atoms. The Morgan fingerprint density at radius 2 is 1.81 bits per heavy atom. The molecule has 3 aromatic rings. The number of carbonyl (C=O) groups is 1. The molecule has 1 N–H and O–H groups in total. The molecule has 0 saturated carbocycles. The SMILES string of the molecule is Cc1ccc2nc(-c3ccc(NC(=O)CN4CCCCCC4)cc3)sc2c1. The summed E-state index contributed by atoms with van der Waals surface area (Å²) >= 11 is 1.70. The number of anilines is 1. The maximum absolute atomic E-state index is 12.3. The van der Waals surface area contributed by atoms with Crippen molar-refractivity contribution in [3.8, 4) is 10.6 Å². The Hall–Kier alpha value is -2.24. The number of carbonyl (C=O) groups excluding carboxylic acids is 1. The van der Waals surface area contributed by atoms with Crippen molar-refractivity contribution >= 4 is 33.1 Å². The van der Waals surface area contributed by atoms with Crippen molar-refractivity contribution in [1.82, 2.24) is 9.88 Å². The van der Waals surface area contributed by atoms with Gasteiger partial charge in [0.25, 0.3) is 0 Å². The van der Waals surface area contributed by atoms with E-state index in [0.717, 1.165) is 34.9 Å². The van der Waals surface area contributed by atoms with Crippen molar-refractivity contribution < 1.29 is 4.79 Å².